The molecule has 3 aromatic carbocycles. The van der Waals surface area contributed by atoms with Gasteiger partial charge in [0.2, 0.25) is 23.6 Å². The van der Waals surface area contributed by atoms with Gasteiger partial charge in [0.1, 0.15) is 5.69 Å². The van der Waals surface area contributed by atoms with E-state index in [4.69, 9.17) is 0 Å². The summed E-state index contributed by atoms with van der Waals surface area (Å²) in [5.74, 6) is -0.00879. The number of thioether (sulfide) groups is 1. The summed E-state index contributed by atoms with van der Waals surface area (Å²) in [6.45, 7) is 3.26. The van der Waals surface area contributed by atoms with Crippen LogP contribution in [-0.2, 0) is 32.3 Å². The number of rotatable bonds is 15. The molecular formula is C39H44N6O4S. The Bertz CT molecular complexity index is 1830. The van der Waals surface area contributed by atoms with Crippen LogP contribution in [0.4, 0.5) is 5.69 Å². The van der Waals surface area contributed by atoms with E-state index < -0.39 is 0 Å². The van der Waals surface area contributed by atoms with E-state index in [9.17, 15) is 19.2 Å². The summed E-state index contributed by atoms with van der Waals surface area (Å²) in [4.78, 5) is 55.0. The lowest BCUT2D eigenvalue weighted by Gasteiger charge is -2.28. The van der Waals surface area contributed by atoms with Crippen LogP contribution in [0.15, 0.2) is 78.9 Å². The minimum absolute atomic E-state index is 0.00140. The zero-order valence-electron chi connectivity index (χ0n) is 28.6. The number of carbonyl (C=O) groups is 4. The number of aromatic nitrogens is 3. The summed E-state index contributed by atoms with van der Waals surface area (Å²) in [6, 6.07) is 25.9. The smallest absolute Gasteiger partial charge is 0.242 e. The summed E-state index contributed by atoms with van der Waals surface area (Å²) >= 11 is 1.55. The van der Waals surface area contributed by atoms with Gasteiger partial charge in [0.05, 0.1) is 29.7 Å². The second-order valence-electron chi connectivity index (χ2n) is 12.8. The molecule has 0 spiro atoms. The Labute approximate surface area is 297 Å². The molecule has 4 aromatic rings. The number of fused-ring (bicyclic) bond motifs is 5. The number of carbonyl (C=O) groups excluding carboxylic acids is 4. The molecule has 2 aliphatic heterocycles. The van der Waals surface area contributed by atoms with Gasteiger partial charge in [-0.1, -0.05) is 111 Å². The molecule has 0 aliphatic carbocycles. The van der Waals surface area contributed by atoms with Crippen LogP contribution in [0, 0.1) is 0 Å². The molecule has 1 aromatic heterocycles. The Hall–Kier alpha value is -4.77. The summed E-state index contributed by atoms with van der Waals surface area (Å²) in [6.07, 6.45) is 6.05. The summed E-state index contributed by atoms with van der Waals surface area (Å²) < 4.78 is 1.92. The topological polar surface area (TPSA) is 118 Å². The molecule has 3 heterocycles. The molecule has 2 aliphatic rings. The van der Waals surface area contributed by atoms with Crippen LogP contribution in [0.1, 0.15) is 69.4 Å². The normalized spacial score (nSPS) is 15.3. The molecule has 1 fully saturated rings. The average Bonchev–Trinajstić information content (AvgIpc) is 3.65. The first-order valence-electron chi connectivity index (χ1n) is 17.6. The highest BCUT2D eigenvalue weighted by Crippen LogP contribution is 2.41. The van der Waals surface area contributed by atoms with Gasteiger partial charge in [0, 0.05) is 43.5 Å². The predicted octanol–water partition coefficient (Wildman–Crippen LogP) is 6.23. The van der Waals surface area contributed by atoms with Gasteiger partial charge in [-0.05, 0) is 29.4 Å². The van der Waals surface area contributed by atoms with Crippen LogP contribution < -0.4 is 10.2 Å². The van der Waals surface area contributed by atoms with E-state index in [-0.39, 0.29) is 61.2 Å². The summed E-state index contributed by atoms with van der Waals surface area (Å²) in [5, 5.41) is 11.7. The molecule has 0 radical (unpaired) electrons. The number of unbranched alkanes of at least 4 members (excludes halogenated alkanes) is 4. The third-order valence-electron chi connectivity index (χ3n) is 9.26. The number of nitrogens with zero attached hydrogens (tertiary/aromatic N) is 5. The van der Waals surface area contributed by atoms with Gasteiger partial charge in [0.15, 0.2) is 0 Å². The maximum atomic E-state index is 13.9. The summed E-state index contributed by atoms with van der Waals surface area (Å²) in [7, 11) is 0. The Balaban J connectivity index is 1.08. The minimum Gasteiger partial charge on any atom is -0.356 e. The van der Waals surface area contributed by atoms with Crippen molar-refractivity contribution in [1.82, 2.24) is 25.2 Å². The van der Waals surface area contributed by atoms with Gasteiger partial charge in [-0.3, -0.25) is 24.1 Å². The van der Waals surface area contributed by atoms with Crippen LogP contribution in [-0.4, -0.2) is 67.6 Å². The maximum absolute atomic E-state index is 13.9. The number of amides is 4. The number of anilines is 1. The highest BCUT2D eigenvalue weighted by Gasteiger charge is 2.38. The molecule has 4 amide bonds. The minimum atomic E-state index is -0.357. The third kappa shape index (κ3) is 8.16. The number of imide groups is 1. The summed E-state index contributed by atoms with van der Waals surface area (Å²) in [5.41, 5.74) is 6.17. The van der Waals surface area contributed by atoms with Gasteiger partial charge in [-0.25, -0.2) is 4.68 Å². The zero-order valence-corrected chi connectivity index (χ0v) is 29.4. The molecule has 50 heavy (non-hydrogen) atoms. The molecule has 1 N–H and O–H groups in total. The lowest BCUT2D eigenvalue weighted by molar-refractivity contribution is -0.138. The number of likely N-dealkylation sites (tertiary alicyclic amines) is 1. The van der Waals surface area contributed by atoms with Crippen molar-refractivity contribution in [1.29, 1.82) is 0 Å². The van der Waals surface area contributed by atoms with E-state index in [1.165, 1.54) is 24.2 Å². The standard InChI is InChI=1S/C39H44N6O4S/c1-2-3-4-5-13-24-50-33-25-36(48)43(39(33)49)23-21-34(46)40-22-20-35(47)44-27-29-16-9-10-17-30(29)38-37(31-18-11-12-19-32(31)44)41-42-45(38)26-28-14-7-6-8-15-28/h6-12,14-19,33H,2-5,13,20-27H2,1H3,(H,40,46). The molecular weight excluding hydrogens is 649 g/mol. The van der Waals surface area contributed by atoms with Crippen molar-refractivity contribution < 1.29 is 19.2 Å². The van der Waals surface area contributed by atoms with E-state index in [2.05, 4.69) is 34.7 Å². The van der Waals surface area contributed by atoms with Crippen LogP contribution in [0.25, 0.3) is 22.5 Å². The number of nitrogens with one attached hydrogen (secondary N) is 1. The second-order valence-corrected chi connectivity index (χ2v) is 14.1. The Kier molecular flexibility index (Phi) is 11.8. The Morgan fingerprint density at radius 2 is 1.62 bits per heavy atom. The largest absolute Gasteiger partial charge is 0.356 e. The first kappa shape index (κ1) is 35.1. The monoisotopic (exact) mass is 692 g/mol. The van der Waals surface area contributed by atoms with Crippen LogP contribution in [0.5, 0.6) is 0 Å². The van der Waals surface area contributed by atoms with Gasteiger partial charge in [-0.15, -0.1) is 16.9 Å². The highest BCUT2D eigenvalue weighted by molar-refractivity contribution is 8.00. The van der Waals surface area contributed by atoms with Crippen molar-refractivity contribution in [3.8, 4) is 22.5 Å². The molecule has 10 nitrogen and oxygen atoms in total. The van der Waals surface area contributed by atoms with Gasteiger partial charge >= 0.3 is 0 Å². The number of benzene rings is 3. The SMILES string of the molecule is CCCCCCCSC1CC(=O)N(CCC(=O)NCCC(=O)N2Cc3ccccc3-c3c(nnn3Cc3ccccc3)-c3ccccc32)C1=O. The third-order valence-corrected chi connectivity index (χ3v) is 10.6. The van der Waals surface area contributed by atoms with Gasteiger partial charge < -0.3 is 10.2 Å². The van der Waals surface area contributed by atoms with E-state index >= 15 is 0 Å². The van der Waals surface area contributed by atoms with Crippen LogP contribution >= 0.6 is 11.8 Å². The van der Waals surface area contributed by atoms with E-state index in [1.807, 2.05) is 71.4 Å². The van der Waals surface area contributed by atoms with Gasteiger partial charge in [0.25, 0.3) is 0 Å². The van der Waals surface area contributed by atoms with Gasteiger partial charge in [-0.2, -0.15) is 0 Å². The first-order valence-corrected chi connectivity index (χ1v) is 18.7. The molecule has 6 rings (SSSR count). The molecule has 0 bridgehead atoms. The quantitative estimate of drug-likeness (QED) is 0.116. The number of hydrogen-bond donors (Lipinski definition) is 1. The second kappa shape index (κ2) is 16.8. The maximum Gasteiger partial charge on any atom is 0.242 e. The number of para-hydroxylation sites is 1. The first-order chi connectivity index (χ1) is 24.4. The van der Waals surface area contributed by atoms with Crippen molar-refractivity contribution in [3.63, 3.8) is 0 Å². The van der Waals surface area contributed by atoms with Crippen molar-refractivity contribution in [2.45, 2.75) is 76.6 Å². The van der Waals surface area contributed by atoms with Crippen molar-refractivity contribution in [3.05, 3.63) is 90.0 Å². The fraction of sp³-hybridized carbons (Fsp3) is 0.385. The lowest BCUT2D eigenvalue weighted by atomic mass is 9.95. The number of hydrogen-bond acceptors (Lipinski definition) is 7. The lowest BCUT2D eigenvalue weighted by Crippen LogP contribution is -2.37. The van der Waals surface area contributed by atoms with Crippen molar-refractivity contribution in [2.75, 3.05) is 23.7 Å². The Morgan fingerprint density at radius 1 is 0.880 bits per heavy atom. The molecule has 1 unspecified atom stereocenters. The van der Waals surface area contributed by atoms with E-state index in [1.54, 1.807) is 16.7 Å². The fourth-order valence-electron chi connectivity index (χ4n) is 6.60. The van der Waals surface area contributed by atoms with Crippen LogP contribution in [0.3, 0.4) is 0 Å². The fourth-order valence-corrected chi connectivity index (χ4v) is 7.78. The zero-order chi connectivity index (χ0) is 34.9. The average molecular weight is 693 g/mol. The van der Waals surface area contributed by atoms with Crippen LogP contribution in [0.2, 0.25) is 0 Å². The van der Waals surface area contributed by atoms with Crippen molar-refractivity contribution in [2.24, 2.45) is 0 Å². The Morgan fingerprint density at radius 3 is 2.44 bits per heavy atom. The molecule has 11 heteroatoms. The van der Waals surface area contributed by atoms with Crippen molar-refractivity contribution >= 4 is 41.1 Å². The highest BCUT2D eigenvalue weighted by atomic mass is 32.2. The molecule has 0 saturated carbocycles. The predicted molar refractivity (Wildman–Crippen MR) is 196 cm³/mol. The van der Waals surface area contributed by atoms with E-state index in [0.717, 1.165) is 52.2 Å². The molecule has 260 valence electrons. The van der Waals surface area contributed by atoms with E-state index in [0.29, 0.717) is 18.8 Å². The molecule has 1 atom stereocenters. The molecule has 1 saturated heterocycles.